The summed E-state index contributed by atoms with van der Waals surface area (Å²) in [6.45, 7) is 4.07. The van der Waals surface area contributed by atoms with E-state index in [1.54, 1.807) is 6.07 Å². The van der Waals surface area contributed by atoms with Gasteiger partial charge >= 0.3 is 0 Å². The average molecular weight is 235 g/mol. The quantitative estimate of drug-likeness (QED) is 0.801. The first kappa shape index (κ1) is 10.7. The van der Waals surface area contributed by atoms with Crippen LogP contribution >= 0.6 is 11.6 Å². The molecule has 0 bridgehead atoms. The van der Waals surface area contributed by atoms with Crippen LogP contribution in [0.3, 0.4) is 0 Å². The lowest BCUT2D eigenvalue weighted by Crippen LogP contribution is -2.04. The second-order valence-electron chi connectivity index (χ2n) is 3.37. The first-order valence-electron chi connectivity index (χ1n) is 4.74. The van der Waals surface area contributed by atoms with E-state index in [0.717, 1.165) is 16.7 Å². The highest BCUT2D eigenvalue weighted by atomic mass is 35.5. The Hall–Kier alpha value is -1.81. The predicted molar refractivity (Wildman–Crippen MR) is 67.4 cm³/mol. The van der Waals surface area contributed by atoms with Gasteiger partial charge in [-0.1, -0.05) is 18.2 Å². The van der Waals surface area contributed by atoms with Gasteiger partial charge in [0.25, 0.3) is 0 Å². The largest absolute Gasteiger partial charge is 0.399 e. The number of nitrogen functional groups attached to an aromatic ring is 1. The molecule has 0 fully saturated rings. The summed E-state index contributed by atoms with van der Waals surface area (Å²) in [5.74, 6) is 0.729. The van der Waals surface area contributed by atoms with Crippen molar-refractivity contribution >= 4 is 34.0 Å². The summed E-state index contributed by atoms with van der Waals surface area (Å²) in [7, 11) is 0. The smallest absolute Gasteiger partial charge is 0.137 e. The van der Waals surface area contributed by atoms with Crippen molar-refractivity contribution in [3.63, 3.8) is 0 Å². The van der Waals surface area contributed by atoms with Crippen LogP contribution in [0.4, 0.5) is 11.5 Å². The molecule has 0 unspecified atom stereocenters. The number of hydrogen-bond donors (Lipinski definition) is 2. The van der Waals surface area contributed by atoms with Crippen molar-refractivity contribution < 1.29 is 0 Å². The lowest BCUT2D eigenvalue weighted by Gasteiger charge is -2.07. The molecule has 3 N–H and O–H groups in total. The Morgan fingerprint density at radius 3 is 3.00 bits per heavy atom. The Bertz CT molecular complexity index is 538. The van der Waals surface area contributed by atoms with E-state index in [1.165, 1.54) is 6.33 Å². The molecule has 1 aromatic heterocycles. The van der Waals surface area contributed by atoms with E-state index in [0.29, 0.717) is 17.3 Å². The number of rotatable bonds is 3. The summed E-state index contributed by atoms with van der Waals surface area (Å²) >= 11 is 5.68. The number of halogens is 1. The molecule has 1 heterocycles. The number of anilines is 2. The molecule has 2 rings (SSSR count). The summed E-state index contributed by atoms with van der Waals surface area (Å²) in [5, 5.41) is 4.52. The zero-order chi connectivity index (χ0) is 11.5. The average Bonchev–Trinajstić information content (AvgIpc) is 2.25. The van der Waals surface area contributed by atoms with Gasteiger partial charge in [-0.3, -0.25) is 0 Å². The molecule has 82 valence electrons. The predicted octanol–water partition coefficient (Wildman–Crippen LogP) is 2.38. The topological polar surface area (TPSA) is 63.8 Å². The van der Waals surface area contributed by atoms with Gasteiger partial charge in [0.1, 0.15) is 12.1 Å². The van der Waals surface area contributed by atoms with E-state index in [-0.39, 0.29) is 0 Å². The Labute approximate surface area is 98.2 Å². The SMILES string of the molecule is C=C(Cl)CNc1ncnc2cc(N)ccc12. The maximum atomic E-state index is 5.68. The van der Waals surface area contributed by atoms with Crippen molar-refractivity contribution in [3.8, 4) is 0 Å². The van der Waals surface area contributed by atoms with Gasteiger partial charge < -0.3 is 11.1 Å². The van der Waals surface area contributed by atoms with E-state index in [1.807, 2.05) is 12.1 Å². The maximum absolute atomic E-state index is 5.68. The van der Waals surface area contributed by atoms with E-state index >= 15 is 0 Å². The number of nitrogens with zero attached hydrogens (tertiary/aromatic N) is 2. The molecule has 0 saturated heterocycles. The van der Waals surface area contributed by atoms with Crippen molar-refractivity contribution in [2.75, 3.05) is 17.6 Å². The van der Waals surface area contributed by atoms with Crippen LogP contribution in [-0.4, -0.2) is 16.5 Å². The molecule has 2 aromatic rings. The lowest BCUT2D eigenvalue weighted by atomic mass is 10.2. The number of benzene rings is 1. The lowest BCUT2D eigenvalue weighted by molar-refractivity contribution is 1.18. The van der Waals surface area contributed by atoms with Crippen LogP contribution < -0.4 is 11.1 Å². The van der Waals surface area contributed by atoms with Gasteiger partial charge in [0, 0.05) is 16.1 Å². The Balaban J connectivity index is 2.41. The van der Waals surface area contributed by atoms with E-state index in [2.05, 4.69) is 21.9 Å². The third kappa shape index (κ3) is 2.23. The highest BCUT2D eigenvalue weighted by Crippen LogP contribution is 2.21. The molecule has 1 aromatic carbocycles. The zero-order valence-electron chi connectivity index (χ0n) is 8.57. The molecule has 16 heavy (non-hydrogen) atoms. The minimum atomic E-state index is 0.470. The van der Waals surface area contributed by atoms with Crippen LogP contribution in [0, 0.1) is 0 Å². The minimum absolute atomic E-state index is 0.470. The van der Waals surface area contributed by atoms with Gasteiger partial charge in [-0.25, -0.2) is 9.97 Å². The molecule has 0 aliphatic rings. The van der Waals surface area contributed by atoms with Crippen molar-refractivity contribution in [2.24, 2.45) is 0 Å². The van der Waals surface area contributed by atoms with Crippen LogP contribution in [0.1, 0.15) is 0 Å². The summed E-state index contributed by atoms with van der Waals surface area (Å²) in [5.41, 5.74) is 7.16. The molecule has 0 saturated carbocycles. The van der Waals surface area contributed by atoms with Crippen molar-refractivity contribution in [1.82, 2.24) is 9.97 Å². The van der Waals surface area contributed by atoms with Gasteiger partial charge in [-0.2, -0.15) is 0 Å². The molecule has 0 amide bonds. The van der Waals surface area contributed by atoms with Crippen molar-refractivity contribution in [3.05, 3.63) is 36.1 Å². The fraction of sp³-hybridized carbons (Fsp3) is 0.0909. The van der Waals surface area contributed by atoms with Gasteiger partial charge in [0.2, 0.25) is 0 Å². The van der Waals surface area contributed by atoms with Gasteiger partial charge in [-0.15, -0.1) is 0 Å². The zero-order valence-corrected chi connectivity index (χ0v) is 9.33. The second-order valence-corrected chi connectivity index (χ2v) is 3.90. The standard InChI is InChI=1S/C11H11ClN4/c1-7(12)5-14-11-9-3-2-8(13)4-10(9)15-6-16-11/h2-4,6H,1,5,13H2,(H,14,15,16). The third-order valence-electron chi connectivity index (χ3n) is 2.11. The van der Waals surface area contributed by atoms with Crippen LogP contribution in [-0.2, 0) is 0 Å². The first-order valence-corrected chi connectivity index (χ1v) is 5.12. The third-order valence-corrected chi connectivity index (χ3v) is 2.24. The van der Waals surface area contributed by atoms with Crippen molar-refractivity contribution in [2.45, 2.75) is 0 Å². The molecule has 4 nitrogen and oxygen atoms in total. The normalized spacial score (nSPS) is 10.3. The molecule has 5 heteroatoms. The van der Waals surface area contributed by atoms with Crippen LogP contribution in [0.25, 0.3) is 10.9 Å². The molecular weight excluding hydrogens is 224 g/mol. The fourth-order valence-electron chi connectivity index (χ4n) is 1.39. The van der Waals surface area contributed by atoms with E-state index in [4.69, 9.17) is 17.3 Å². The number of fused-ring (bicyclic) bond motifs is 1. The molecule has 0 radical (unpaired) electrons. The summed E-state index contributed by atoms with van der Waals surface area (Å²) in [6.07, 6.45) is 1.49. The molecule has 0 aliphatic carbocycles. The molecular formula is C11H11ClN4. The highest BCUT2D eigenvalue weighted by molar-refractivity contribution is 6.29. The Morgan fingerprint density at radius 1 is 1.44 bits per heavy atom. The number of nitrogens with one attached hydrogen (secondary N) is 1. The van der Waals surface area contributed by atoms with Crippen LogP contribution in [0.5, 0.6) is 0 Å². The van der Waals surface area contributed by atoms with Gasteiger partial charge in [0.15, 0.2) is 0 Å². The monoisotopic (exact) mass is 234 g/mol. The Morgan fingerprint density at radius 2 is 2.25 bits per heavy atom. The van der Waals surface area contributed by atoms with Crippen LogP contribution in [0.15, 0.2) is 36.1 Å². The van der Waals surface area contributed by atoms with E-state index in [9.17, 15) is 0 Å². The molecule has 0 atom stereocenters. The first-order chi connectivity index (χ1) is 7.66. The van der Waals surface area contributed by atoms with Crippen molar-refractivity contribution in [1.29, 1.82) is 0 Å². The summed E-state index contributed by atoms with van der Waals surface area (Å²) in [6, 6.07) is 5.49. The summed E-state index contributed by atoms with van der Waals surface area (Å²) < 4.78 is 0. The van der Waals surface area contributed by atoms with Crippen LogP contribution in [0.2, 0.25) is 0 Å². The number of aromatic nitrogens is 2. The molecule has 0 aliphatic heterocycles. The molecule has 0 spiro atoms. The Kier molecular flexibility index (Phi) is 2.92. The van der Waals surface area contributed by atoms with Gasteiger partial charge in [-0.05, 0) is 18.2 Å². The fourth-order valence-corrected chi connectivity index (χ4v) is 1.46. The maximum Gasteiger partial charge on any atom is 0.137 e. The van der Waals surface area contributed by atoms with E-state index < -0.39 is 0 Å². The van der Waals surface area contributed by atoms with Gasteiger partial charge in [0.05, 0.1) is 12.1 Å². The second kappa shape index (κ2) is 4.37. The summed E-state index contributed by atoms with van der Waals surface area (Å²) in [4.78, 5) is 8.29. The highest BCUT2D eigenvalue weighted by Gasteiger charge is 2.03. The number of hydrogen-bond acceptors (Lipinski definition) is 4. The minimum Gasteiger partial charge on any atom is -0.399 e. The number of nitrogens with two attached hydrogens (primary N) is 1.